The van der Waals surface area contributed by atoms with Crippen LogP contribution in [0.15, 0.2) is 0 Å². The van der Waals surface area contributed by atoms with Crippen LogP contribution in [0, 0.1) is 0 Å². The number of hydrogen-bond donors (Lipinski definition) is 4. The van der Waals surface area contributed by atoms with E-state index < -0.39 is 49.2 Å². The van der Waals surface area contributed by atoms with Crippen molar-refractivity contribution in [2.24, 2.45) is 0 Å². The Morgan fingerprint density at radius 1 is 0.727 bits per heavy atom. The summed E-state index contributed by atoms with van der Waals surface area (Å²) in [6.07, 6.45) is -6.46. The topological polar surface area (TPSA) is 118 Å². The average Bonchev–Trinajstić information content (AvgIpc) is 2.98. The van der Waals surface area contributed by atoms with E-state index in [0.717, 1.165) is 0 Å². The van der Waals surface area contributed by atoms with Crippen molar-refractivity contribution in [1.29, 1.82) is 0 Å². The van der Waals surface area contributed by atoms with Crippen molar-refractivity contribution < 1.29 is 39.4 Å². The minimum atomic E-state index is -0.997. The van der Waals surface area contributed by atoms with Gasteiger partial charge in [0, 0.05) is 14.2 Å². The molecule has 10 heteroatoms. The third kappa shape index (κ3) is 4.64. The first kappa shape index (κ1) is 20.3. The Hall–Kier alpha value is 0.260. The molecule has 22 heavy (non-hydrogen) atoms. The van der Waals surface area contributed by atoms with E-state index in [4.69, 9.17) is 42.1 Å². The average molecular weight is 365 g/mol. The monoisotopic (exact) mass is 364 g/mol. The molecule has 2 aliphatic rings. The van der Waals surface area contributed by atoms with E-state index in [1.165, 1.54) is 14.2 Å². The zero-order valence-electron chi connectivity index (χ0n) is 12.2. The van der Waals surface area contributed by atoms with Crippen LogP contribution >= 0.6 is 23.2 Å². The molecule has 2 fully saturated rings. The van der Waals surface area contributed by atoms with Crippen LogP contribution in [0.4, 0.5) is 0 Å². The molecule has 0 aromatic rings. The van der Waals surface area contributed by atoms with Crippen LogP contribution in [0.1, 0.15) is 0 Å². The Balaban J connectivity index is 0.000000220. The van der Waals surface area contributed by atoms with Gasteiger partial charge in [0.25, 0.3) is 0 Å². The van der Waals surface area contributed by atoms with Gasteiger partial charge < -0.3 is 39.4 Å². The number of alkyl halides is 2. The molecule has 0 amide bonds. The zero-order valence-corrected chi connectivity index (χ0v) is 13.7. The minimum absolute atomic E-state index is 0.151. The van der Waals surface area contributed by atoms with Gasteiger partial charge in [-0.05, 0) is 0 Å². The van der Waals surface area contributed by atoms with Crippen LogP contribution in [-0.2, 0) is 18.9 Å². The summed E-state index contributed by atoms with van der Waals surface area (Å²) < 4.78 is 19.5. The fraction of sp³-hybridized carbons (Fsp3) is 1.00. The number of hydrogen-bond acceptors (Lipinski definition) is 8. The van der Waals surface area contributed by atoms with E-state index in [1.54, 1.807) is 0 Å². The summed E-state index contributed by atoms with van der Waals surface area (Å²) >= 11 is 10.9. The van der Waals surface area contributed by atoms with Gasteiger partial charge in [-0.2, -0.15) is 0 Å². The molecule has 0 saturated carbocycles. The molecule has 2 aliphatic heterocycles. The van der Waals surface area contributed by atoms with Gasteiger partial charge in [-0.3, -0.25) is 0 Å². The number of methoxy groups -OCH3 is 2. The summed E-state index contributed by atoms with van der Waals surface area (Å²) in [5.74, 6) is 0.302. The number of ether oxygens (including phenoxy) is 4. The summed E-state index contributed by atoms with van der Waals surface area (Å²) in [4.78, 5) is 0. The molecule has 8 nitrogen and oxygen atoms in total. The van der Waals surface area contributed by atoms with E-state index >= 15 is 0 Å². The Morgan fingerprint density at radius 3 is 1.18 bits per heavy atom. The lowest BCUT2D eigenvalue weighted by molar-refractivity contribution is -0.145. The highest BCUT2D eigenvalue weighted by Crippen LogP contribution is 2.23. The molecule has 2 heterocycles. The molecular formula is C12H22Cl2O8. The molecule has 0 aromatic heterocycles. The summed E-state index contributed by atoms with van der Waals surface area (Å²) in [5.41, 5.74) is 0. The van der Waals surface area contributed by atoms with Gasteiger partial charge in [0.2, 0.25) is 0 Å². The molecule has 2 saturated heterocycles. The highest BCUT2D eigenvalue weighted by Gasteiger charge is 2.43. The van der Waals surface area contributed by atoms with Gasteiger partial charge in [0.15, 0.2) is 12.6 Å². The molecule has 8 atom stereocenters. The maximum absolute atomic E-state index is 9.22. The summed E-state index contributed by atoms with van der Waals surface area (Å²) in [5, 5.41) is 36.8. The highest BCUT2D eigenvalue weighted by atomic mass is 35.5. The van der Waals surface area contributed by atoms with Crippen molar-refractivity contribution in [3.05, 3.63) is 0 Å². The van der Waals surface area contributed by atoms with Crippen molar-refractivity contribution in [2.45, 2.75) is 49.2 Å². The Bertz CT molecular complexity index is 258. The van der Waals surface area contributed by atoms with Gasteiger partial charge in [0.05, 0.1) is 11.8 Å². The van der Waals surface area contributed by atoms with Crippen molar-refractivity contribution in [3.63, 3.8) is 0 Å². The van der Waals surface area contributed by atoms with Crippen molar-refractivity contribution in [3.8, 4) is 0 Å². The molecule has 0 bridgehead atoms. The Kier molecular flexibility index (Phi) is 8.80. The second-order valence-electron chi connectivity index (χ2n) is 4.83. The Labute approximate surface area is 138 Å². The van der Waals surface area contributed by atoms with E-state index in [1.807, 2.05) is 0 Å². The van der Waals surface area contributed by atoms with E-state index in [9.17, 15) is 20.4 Å². The van der Waals surface area contributed by atoms with E-state index in [0.29, 0.717) is 0 Å². The normalized spacial score (nSPS) is 44.7. The zero-order chi connectivity index (χ0) is 16.9. The molecule has 0 spiro atoms. The molecule has 2 rings (SSSR count). The lowest BCUT2D eigenvalue weighted by Gasteiger charge is -2.11. The molecule has 0 unspecified atom stereocenters. The number of aliphatic hydroxyl groups is 4. The van der Waals surface area contributed by atoms with Gasteiger partial charge in [-0.25, -0.2) is 0 Å². The predicted octanol–water partition coefficient (Wildman–Crippen LogP) is -1.36. The van der Waals surface area contributed by atoms with Crippen LogP contribution in [0.25, 0.3) is 0 Å². The molecule has 0 aromatic carbocycles. The third-order valence-corrected chi connectivity index (χ3v) is 4.01. The molecule has 4 N–H and O–H groups in total. The predicted molar refractivity (Wildman–Crippen MR) is 76.8 cm³/mol. The lowest BCUT2D eigenvalue weighted by Crippen LogP contribution is -2.33. The molecule has 0 radical (unpaired) electrons. The number of aliphatic hydroxyl groups excluding tert-OH is 4. The number of halogens is 2. The summed E-state index contributed by atoms with van der Waals surface area (Å²) in [6.45, 7) is 0. The van der Waals surface area contributed by atoms with E-state index in [2.05, 4.69) is 0 Å². The van der Waals surface area contributed by atoms with Crippen LogP contribution in [-0.4, -0.2) is 95.6 Å². The minimum Gasteiger partial charge on any atom is -0.387 e. The van der Waals surface area contributed by atoms with Crippen molar-refractivity contribution in [2.75, 3.05) is 26.0 Å². The largest absolute Gasteiger partial charge is 0.387 e. The third-order valence-electron chi connectivity index (χ3n) is 3.41. The van der Waals surface area contributed by atoms with Gasteiger partial charge >= 0.3 is 0 Å². The smallest absolute Gasteiger partial charge is 0.186 e. The van der Waals surface area contributed by atoms with Crippen LogP contribution < -0.4 is 0 Å². The van der Waals surface area contributed by atoms with Crippen molar-refractivity contribution in [1.82, 2.24) is 0 Å². The van der Waals surface area contributed by atoms with E-state index in [-0.39, 0.29) is 11.8 Å². The van der Waals surface area contributed by atoms with Crippen LogP contribution in [0.5, 0.6) is 0 Å². The molecule has 132 valence electrons. The lowest BCUT2D eigenvalue weighted by atomic mass is 10.2. The molecule has 0 aliphatic carbocycles. The van der Waals surface area contributed by atoms with Gasteiger partial charge in [-0.1, -0.05) is 0 Å². The fourth-order valence-electron chi connectivity index (χ4n) is 2.07. The maximum atomic E-state index is 9.22. The second kappa shape index (κ2) is 9.53. The SMILES string of the molecule is CO[C@@H]1O[C@H](CCl)[C@@H](O)[C@H]1O.CO[C@H]1O[C@H](CCl)[C@@H](O)[C@H]1O. The Morgan fingerprint density at radius 2 is 1.05 bits per heavy atom. The fourth-order valence-corrected chi connectivity index (χ4v) is 2.58. The van der Waals surface area contributed by atoms with Gasteiger partial charge in [0.1, 0.15) is 36.6 Å². The van der Waals surface area contributed by atoms with Crippen molar-refractivity contribution >= 4 is 23.2 Å². The standard InChI is InChI=1S/2C6H11ClO4/c2*1-10-6-5(9)4(8)3(2-7)11-6/h2*3-6,8-9H,2H2,1H3/t3-,4-,5-,6+;3-,4-,5-,6-/m11/s1. The second-order valence-corrected chi connectivity index (χ2v) is 5.45. The van der Waals surface area contributed by atoms with Crippen LogP contribution in [0.2, 0.25) is 0 Å². The molecular weight excluding hydrogens is 343 g/mol. The number of rotatable bonds is 4. The quantitative estimate of drug-likeness (QED) is 0.451. The first-order valence-corrected chi connectivity index (χ1v) is 7.68. The highest BCUT2D eigenvalue weighted by molar-refractivity contribution is 6.18. The van der Waals surface area contributed by atoms with Gasteiger partial charge in [-0.15, -0.1) is 23.2 Å². The first-order chi connectivity index (χ1) is 10.4. The first-order valence-electron chi connectivity index (χ1n) is 6.61. The summed E-state index contributed by atoms with van der Waals surface area (Å²) in [7, 11) is 2.80. The summed E-state index contributed by atoms with van der Waals surface area (Å²) in [6, 6.07) is 0. The van der Waals surface area contributed by atoms with Crippen LogP contribution in [0.3, 0.4) is 0 Å². The maximum Gasteiger partial charge on any atom is 0.186 e.